The number of hydrogen-bond donors (Lipinski definition) is 2. The molecule has 1 aliphatic carbocycles. The molecule has 0 aliphatic heterocycles. The highest BCUT2D eigenvalue weighted by Crippen LogP contribution is 2.25. The molecule has 2 N–H and O–H groups in total. The van der Waals surface area contributed by atoms with Crippen molar-refractivity contribution in [2.24, 2.45) is 5.92 Å². The fraction of sp³-hybridized carbons (Fsp3) is 0.857. The van der Waals surface area contributed by atoms with Crippen molar-refractivity contribution in [3.63, 3.8) is 0 Å². The van der Waals surface area contributed by atoms with Gasteiger partial charge >= 0.3 is 5.97 Å². The van der Waals surface area contributed by atoms with E-state index in [9.17, 15) is 13.2 Å². The zero-order valence-electron chi connectivity index (χ0n) is 7.19. The summed E-state index contributed by atoms with van der Waals surface area (Å²) in [5, 5.41) is 8.27. The molecule has 5 nitrogen and oxygen atoms in total. The molecule has 76 valence electrons. The standard InChI is InChI=1S/C7H13NO4S/c9-7(10)5-13(11,12)8-4-6-2-1-3-6/h6,8H,1-5H2,(H,9,10). The Morgan fingerprint density at radius 3 is 2.46 bits per heavy atom. The minimum Gasteiger partial charge on any atom is -0.480 e. The lowest BCUT2D eigenvalue weighted by Gasteiger charge is -2.25. The molecule has 0 atom stereocenters. The zero-order valence-corrected chi connectivity index (χ0v) is 8.01. The van der Waals surface area contributed by atoms with Gasteiger partial charge in [0.05, 0.1) is 0 Å². The van der Waals surface area contributed by atoms with Crippen LogP contribution >= 0.6 is 0 Å². The minimum absolute atomic E-state index is 0.385. The van der Waals surface area contributed by atoms with E-state index in [4.69, 9.17) is 5.11 Å². The molecule has 1 aliphatic rings. The van der Waals surface area contributed by atoms with E-state index in [1.54, 1.807) is 0 Å². The van der Waals surface area contributed by atoms with Crippen molar-refractivity contribution >= 4 is 16.0 Å². The molecule has 0 aromatic carbocycles. The van der Waals surface area contributed by atoms with E-state index in [0.29, 0.717) is 12.5 Å². The number of nitrogens with one attached hydrogen (secondary N) is 1. The van der Waals surface area contributed by atoms with Crippen LogP contribution in [0.5, 0.6) is 0 Å². The fourth-order valence-electron chi connectivity index (χ4n) is 1.16. The summed E-state index contributed by atoms with van der Waals surface area (Å²) in [7, 11) is -3.60. The van der Waals surface area contributed by atoms with Crippen LogP contribution in [-0.2, 0) is 14.8 Å². The third-order valence-electron chi connectivity index (χ3n) is 2.13. The molecular formula is C7H13NO4S. The Labute approximate surface area is 77.2 Å². The molecule has 0 aromatic rings. The second kappa shape index (κ2) is 4.06. The van der Waals surface area contributed by atoms with Crippen LogP contribution in [0.2, 0.25) is 0 Å². The summed E-state index contributed by atoms with van der Waals surface area (Å²) in [5.41, 5.74) is 0. The topological polar surface area (TPSA) is 83.5 Å². The van der Waals surface area contributed by atoms with Crippen LogP contribution in [0.4, 0.5) is 0 Å². The lowest BCUT2D eigenvalue weighted by atomic mass is 9.86. The predicted molar refractivity (Wildman–Crippen MR) is 46.8 cm³/mol. The van der Waals surface area contributed by atoms with Crippen LogP contribution in [0, 0.1) is 5.92 Å². The molecule has 1 rings (SSSR count). The lowest BCUT2D eigenvalue weighted by Crippen LogP contribution is -2.35. The van der Waals surface area contributed by atoms with Crippen molar-refractivity contribution < 1.29 is 18.3 Å². The summed E-state index contributed by atoms with van der Waals surface area (Å²) in [4.78, 5) is 10.1. The van der Waals surface area contributed by atoms with Crippen LogP contribution in [-0.4, -0.2) is 31.8 Å². The molecule has 0 radical (unpaired) electrons. The fourth-order valence-corrected chi connectivity index (χ4v) is 2.07. The Bertz CT molecular complexity index is 281. The molecule has 0 aromatic heterocycles. The average molecular weight is 207 g/mol. The average Bonchev–Trinajstić information content (AvgIpc) is 1.79. The first kappa shape index (κ1) is 10.5. The van der Waals surface area contributed by atoms with Crippen LogP contribution in [0.25, 0.3) is 0 Å². The van der Waals surface area contributed by atoms with Gasteiger partial charge < -0.3 is 5.11 Å². The highest BCUT2D eigenvalue weighted by molar-refractivity contribution is 7.90. The van der Waals surface area contributed by atoms with Crippen molar-refractivity contribution in [2.45, 2.75) is 19.3 Å². The van der Waals surface area contributed by atoms with Gasteiger partial charge in [-0.25, -0.2) is 13.1 Å². The minimum atomic E-state index is -3.60. The van der Waals surface area contributed by atoms with Gasteiger partial charge in [-0.3, -0.25) is 4.79 Å². The predicted octanol–water partition coefficient (Wildman–Crippen LogP) is -0.210. The lowest BCUT2D eigenvalue weighted by molar-refractivity contribution is -0.134. The number of carboxylic acid groups (broad SMARTS) is 1. The summed E-state index contributed by atoms with van der Waals surface area (Å²) in [6.45, 7) is 0.385. The van der Waals surface area contributed by atoms with E-state index < -0.39 is 21.7 Å². The monoisotopic (exact) mass is 207 g/mol. The number of carbonyl (C=O) groups is 1. The first-order valence-corrected chi connectivity index (χ1v) is 5.84. The molecular weight excluding hydrogens is 194 g/mol. The summed E-state index contributed by atoms with van der Waals surface area (Å²) in [6.07, 6.45) is 3.22. The Hall–Kier alpha value is -0.620. The molecule has 0 unspecified atom stereocenters. The van der Waals surface area contributed by atoms with Gasteiger partial charge in [0.25, 0.3) is 0 Å². The Morgan fingerprint density at radius 2 is 2.08 bits per heavy atom. The highest BCUT2D eigenvalue weighted by atomic mass is 32.2. The molecule has 0 heterocycles. The van der Waals surface area contributed by atoms with Gasteiger partial charge in [-0.05, 0) is 18.8 Å². The van der Waals surface area contributed by atoms with E-state index in [1.807, 2.05) is 0 Å². The molecule has 13 heavy (non-hydrogen) atoms. The molecule has 0 spiro atoms. The van der Waals surface area contributed by atoms with Crippen LogP contribution < -0.4 is 4.72 Å². The maximum atomic E-state index is 11.0. The molecule has 0 saturated heterocycles. The van der Waals surface area contributed by atoms with E-state index in [1.165, 1.54) is 0 Å². The van der Waals surface area contributed by atoms with E-state index in [0.717, 1.165) is 19.3 Å². The second-order valence-electron chi connectivity index (χ2n) is 3.30. The van der Waals surface area contributed by atoms with Crippen LogP contribution in [0.15, 0.2) is 0 Å². The molecule has 1 fully saturated rings. The highest BCUT2D eigenvalue weighted by Gasteiger charge is 2.21. The Balaban J connectivity index is 2.28. The Morgan fingerprint density at radius 1 is 1.46 bits per heavy atom. The quantitative estimate of drug-likeness (QED) is 0.653. The molecule has 0 amide bonds. The maximum Gasteiger partial charge on any atom is 0.320 e. The summed E-state index contributed by atoms with van der Waals surface area (Å²) in [5.74, 6) is -1.75. The van der Waals surface area contributed by atoms with E-state index >= 15 is 0 Å². The largest absolute Gasteiger partial charge is 0.480 e. The summed E-state index contributed by atoms with van der Waals surface area (Å²) < 4.78 is 24.3. The number of rotatable bonds is 5. The Kier molecular flexibility index (Phi) is 3.27. The zero-order chi connectivity index (χ0) is 9.90. The van der Waals surface area contributed by atoms with Gasteiger partial charge in [-0.2, -0.15) is 0 Å². The van der Waals surface area contributed by atoms with Crippen LogP contribution in [0.1, 0.15) is 19.3 Å². The van der Waals surface area contributed by atoms with Gasteiger partial charge in [-0.1, -0.05) is 6.42 Å². The number of carboxylic acids is 1. The van der Waals surface area contributed by atoms with Crippen molar-refractivity contribution in [3.8, 4) is 0 Å². The molecule has 1 saturated carbocycles. The molecule has 0 bridgehead atoms. The third kappa shape index (κ3) is 3.73. The van der Waals surface area contributed by atoms with E-state index in [-0.39, 0.29) is 0 Å². The first-order valence-electron chi connectivity index (χ1n) is 4.19. The number of hydrogen-bond acceptors (Lipinski definition) is 3. The van der Waals surface area contributed by atoms with Crippen molar-refractivity contribution in [1.82, 2.24) is 4.72 Å². The molecule has 6 heteroatoms. The van der Waals surface area contributed by atoms with Gasteiger partial charge in [-0.15, -0.1) is 0 Å². The van der Waals surface area contributed by atoms with Crippen molar-refractivity contribution in [1.29, 1.82) is 0 Å². The number of sulfonamides is 1. The van der Waals surface area contributed by atoms with Gasteiger partial charge in [0.2, 0.25) is 10.0 Å². The van der Waals surface area contributed by atoms with Crippen molar-refractivity contribution in [3.05, 3.63) is 0 Å². The van der Waals surface area contributed by atoms with Gasteiger partial charge in [0, 0.05) is 6.54 Å². The van der Waals surface area contributed by atoms with Crippen molar-refractivity contribution in [2.75, 3.05) is 12.3 Å². The maximum absolute atomic E-state index is 11.0. The smallest absolute Gasteiger partial charge is 0.320 e. The summed E-state index contributed by atoms with van der Waals surface area (Å²) in [6, 6.07) is 0. The normalized spacial score (nSPS) is 18.2. The summed E-state index contributed by atoms with van der Waals surface area (Å²) >= 11 is 0. The van der Waals surface area contributed by atoms with Gasteiger partial charge in [0.1, 0.15) is 0 Å². The second-order valence-corrected chi connectivity index (χ2v) is 5.11. The first-order chi connectivity index (χ1) is 5.99. The van der Waals surface area contributed by atoms with Crippen LogP contribution in [0.3, 0.4) is 0 Å². The third-order valence-corrected chi connectivity index (χ3v) is 3.36. The number of aliphatic carboxylic acids is 1. The SMILES string of the molecule is O=C(O)CS(=O)(=O)NCC1CCC1. The van der Waals surface area contributed by atoms with Gasteiger partial charge in [0.15, 0.2) is 5.75 Å². The van der Waals surface area contributed by atoms with E-state index in [2.05, 4.69) is 4.72 Å².